The zero-order valence-corrected chi connectivity index (χ0v) is 16.4. The largest absolute Gasteiger partial charge is 0.486 e. The monoisotopic (exact) mass is 372 g/mol. The van der Waals surface area contributed by atoms with Crippen molar-refractivity contribution in [2.75, 3.05) is 0 Å². The van der Waals surface area contributed by atoms with Gasteiger partial charge in [0.05, 0.1) is 5.25 Å². The zero-order chi connectivity index (χ0) is 18.9. The Bertz CT molecular complexity index is 680. The van der Waals surface area contributed by atoms with Gasteiger partial charge in [0.25, 0.3) is 0 Å². The van der Waals surface area contributed by atoms with Gasteiger partial charge in [0.2, 0.25) is 0 Å². The maximum Gasteiger partial charge on any atom is 0.316 e. The van der Waals surface area contributed by atoms with Crippen LogP contribution in [0, 0.1) is 6.92 Å². The molecule has 26 heavy (non-hydrogen) atoms. The number of aliphatic carboxylic acids is 1. The number of unbranched alkanes of at least 4 members (excludes halogenated alkanes) is 2. The van der Waals surface area contributed by atoms with Gasteiger partial charge in [-0.1, -0.05) is 54.8 Å². The van der Waals surface area contributed by atoms with Gasteiger partial charge in [-0.25, -0.2) is 0 Å². The summed E-state index contributed by atoms with van der Waals surface area (Å²) in [6.07, 6.45) is 4.62. The third kappa shape index (κ3) is 6.75. The first-order valence-corrected chi connectivity index (χ1v) is 9.70. The molecule has 0 aliphatic carbocycles. The Morgan fingerprint density at radius 1 is 1.04 bits per heavy atom. The van der Waals surface area contributed by atoms with Crippen molar-refractivity contribution in [2.45, 2.75) is 57.3 Å². The lowest BCUT2D eigenvalue weighted by Gasteiger charge is -2.15. The minimum absolute atomic E-state index is 0.0184. The van der Waals surface area contributed by atoms with Gasteiger partial charge in [-0.15, -0.1) is 0 Å². The van der Waals surface area contributed by atoms with E-state index in [1.165, 1.54) is 16.7 Å². The molecule has 0 saturated heterocycles. The van der Waals surface area contributed by atoms with Crippen molar-refractivity contribution in [3.63, 3.8) is 0 Å². The Hall–Kier alpha value is -1.94. The number of ether oxygens (including phenoxy) is 1. The molecule has 140 valence electrons. The molecule has 0 radical (unpaired) electrons. The number of aryl methyl sites for hydroxylation is 2. The Balaban J connectivity index is 1.74. The van der Waals surface area contributed by atoms with E-state index in [4.69, 9.17) is 9.84 Å². The van der Waals surface area contributed by atoms with E-state index in [2.05, 4.69) is 62.9 Å². The highest BCUT2D eigenvalue weighted by atomic mass is 32.1. The van der Waals surface area contributed by atoms with Crippen LogP contribution in [0.3, 0.4) is 0 Å². The van der Waals surface area contributed by atoms with E-state index in [0.29, 0.717) is 6.42 Å². The lowest BCUT2D eigenvalue weighted by Crippen LogP contribution is -2.12. The maximum absolute atomic E-state index is 10.7. The molecule has 0 saturated carbocycles. The van der Waals surface area contributed by atoms with Crippen LogP contribution in [-0.4, -0.2) is 16.3 Å². The molecular formula is C22H28O3S. The van der Waals surface area contributed by atoms with E-state index in [0.717, 1.165) is 31.4 Å². The fraction of sp³-hybridized carbons (Fsp3) is 0.409. The smallest absolute Gasteiger partial charge is 0.316 e. The molecule has 0 spiro atoms. The van der Waals surface area contributed by atoms with Crippen LogP contribution in [0.2, 0.25) is 0 Å². The number of hydrogen-bond donors (Lipinski definition) is 2. The van der Waals surface area contributed by atoms with Gasteiger partial charge >= 0.3 is 5.97 Å². The SMILES string of the molecule is Cc1ccc(C(C)Oc2ccc(CCCCCC(S)C(=O)O)cc2)cc1. The second-order valence-electron chi connectivity index (χ2n) is 6.77. The summed E-state index contributed by atoms with van der Waals surface area (Å²) >= 11 is 4.05. The first kappa shape index (κ1) is 20.4. The fourth-order valence-corrected chi connectivity index (χ4v) is 2.99. The first-order chi connectivity index (χ1) is 12.5. The van der Waals surface area contributed by atoms with E-state index < -0.39 is 11.2 Å². The van der Waals surface area contributed by atoms with Crippen molar-refractivity contribution in [3.8, 4) is 5.75 Å². The predicted molar refractivity (Wildman–Crippen MR) is 109 cm³/mol. The molecule has 0 aliphatic heterocycles. The molecule has 2 atom stereocenters. The summed E-state index contributed by atoms with van der Waals surface area (Å²) in [5.41, 5.74) is 3.70. The number of carbonyl (C=O) groups is 1. The van der Waals surface area contributed by atoms with Crippen molar-refractivity contribution in [3.05, 3.63) is 65.2 Å². The van der Waals surface area contributed by atoms with Crippen LogP contribution < -0.4 is 4.74 Å². The summed E-state index contributed by atoms with van der Waals surface area (Å²) < 4.78 is 6.02. The Kier molecular flexibility index (Phi) is 8.05. The summed E-state index contributed by atoms with van der Waals surface area (Å²) in [5, 5.41) is 8.26. The lowest BCUT2D eigenvalue weighted by atomic mass is 10.1. The molecule has 0 amide bonds. The van der Waals surface area contributed by atoms with Gasteiger partial charge in [0.1, 0.15) is 11.9 Å². The quantitative estimate of drug-likeness (QED) is 0.420. The summed E-state index contributed by atoms with van der Waals surface area (Å²) in [7, 11) is 0. The van der Waals surface area contributed by atoms with Crippen molar-refractivity contribution >= 4 is 18.6 Å². The zero-order valence-electron chi connectivity index (χ0n) is 15.5. The van der Waals surface area contributed by atoms with Crippen LogP contribution in [0.15, 0.2) is 48.5 Å². The maximum atomic E-state index is 10.7. The van der Waals surface area contributed by atoms with E-state index in [9.17, 15) is 4.79 Å². The predicted octanol–water partition coefficient (Wildman–Crippen LogP) is 5.62. The van der Waals surface area contributed by atoms with Crippen LogP contribution in [0.1, 0.15) is 55.4 Å². The molecule has 0 fully saturated rings. The number of hydrogen-bond acceptors (Lipinski definition) is 3. The van der Waals surface area contributed by atoms with Gasteiger partial charge in [-0.2, -0.15) is 12.6 Å². The number of benzene rings is 2. The molecule has 1 N–H and O–H groups in total. The van der Waals surface area contributed by atoms with Gasteiger partial charge < -0.3 is 9.84 Å². The molecule has 0 heterocycles. The topological polar surface area (TPSA) is 46.5 Å². The molecule has 2 unspecified atom stereocenters. The van der Waals surface area contributed by atoms with Gasteiger partial charge in [-0.05, 0) is 56.4 Å². The molecule has 4 heteroatoms. The number of rotatable bonds is 10. The second-order valence-corrected chi connectivity index (χ2v) is 7.39. The summed E-state index contributed by atoms with van der Waals surface area (Å²) in [6, 6.07) is 16.7. The van der Waals surface area contributed by atoms with Gasteiger partial charge in [-0.3, -0.25) is 4.79 Å². The molecule has 0 aliphatic rings. The van der Waals surface area contributed by atoms with Crippen molar-refractivity contribution < 1.29 is 14.6 Å². The minimum atomic E-state index is -0.830. The van der Waals surface area contributed by atoms with E-state index >= 15 is 0 Å². The normalized spacial score (nSPS) is 13.2. The summed E-state index contributed by atoms with van der Waals surface area (Å²) in [6.45, 7) is 4.14. The molecule has 0 aromatic heterocycles. The van der Waals surface area contributed by atoms with Crippen molar-refractivity contribution in [2.24, 2.45) is 0 Å². The van der Waals surface area contributed by atoms with Gasteiger partial charge in [0, 0.05) is 0 Å². The first-order valence-electron chi connectivity index (χ1n) is 9.18. The second kappa shape index (κ2) is 10.3. The van der Waals surface area contributed by atoms with Crippen LogP contribution in [0.4, 0.5) is 0 Å². The minimum Gasteiger partial charge on any atom is -0.486 e. The average Bonchev–Trinajstić information content (AvgIpc) is 2.63. The highest BCUT2D eigenvalue weighted by Gasteiger charge is 2.10. The van der Waals surface area contributed by atoms with E-state index in [-0.39, 0.29) is 6.10 Å². The lowest BCUT2D eigenvalue weighted by molar-refractivity contribution is -0.136. The number of carboxylic acids is 1. The van der Waals surface area contributed by atoms with Crippen molar-refractivity contribution in [1.29, 1.82) is 0 Å². The third-order valence-corrected chi connectivity index (χ3v) is 4.99. The van der Waals surface area contributed by atoms with E-state index in [1.807, 2.05) is 12.1 Å². The van der Waals surface area contributed by atoms with Crippen molar-refractivity contribution in [1.82, 2.24) is 0 Å². The Morgan fingerprint density at radius 3 is 2.31 bits per heavy atom. The number of thiol groups is 1. The molecule has 2 rings (SSSR count). The fourth-order valence-electron chi connectivity index (χ4n) is 2.81. The average molecular weight is 373 g/mol. The van der Waals surface area contributed by atoms with Crippen LogP contribution in [0.5, 0.6) is 5.75 Å². The third-order valence-electron chi connectivity index (χ3n) is 4.51. The van der Waals surface area contributed by atoms with Crippen LogP contribution in [-0.2, 0) is 11.2 Å². The Labute approximate surface area is 161 Å². The molecule has 0 bridgehead atoms. The van der Waals surface area contributed by atoms with Crippen LogP contribution >= 0.6 is 12.6 Å². The molecule has 3 nitrogen and oxygen atoms in total. The number of carboxylic acid groups (broad SMARTS) is 1. The molecular weight excluding hydrogens is 344 g/mol. The van der Waals surface area contributed by atoms with E-state index in [1.54, 1.807) is 0 Å². The highest BCUT2D eigenvalue weighted by molar-refractivity contribution is 7.81. The standard InChI is InChI=1S/C22H28O3S/c1-16-8-12-19(13-9-16)17(2)25-20-14-10-18(11-15-20)6-4-3-5-7-21(26)22(23)24/h8-15,17,21,26H,3-7H2,1-2H3,(H,23,24). The summed E-state index contributed by atoms with van der Waals surface area (Å²) in [5.74, 6) is 0.0463. The molecule has 2 aromatic carbocycles. The Morgan fingerprint density at radius 2 is 1.69 bits per heavy atom. The highest BCUT2D eigenvalue weighted by Crippen LogP contribution is 2.23. The molecule has 2 aromatic rings. The van der Waals surface area contributed by atoms with Crippen LogP contribution in [0.25, 0.3) is 0 Å². The summed E-state index contributed by atoms with van der Waals surface area (Å²) in [4.78, 5) is 10.7. The van der Waals surface area contributed by atoms with Gasteiger partial charge in [0.15, 0.2) is 0 Å².